The Balaban J connectivity index is 0. The summed E-state index contributed by atoms with van der Waals surface area (Å²) in [7, 11) is -4.21. The molecule has 134 valence electrons. The SMILES string of the molecule is CCCCCCCCCC(CCCC(O)CCC)S(=O)(=O)[O-].[Na+]. The Hall–Kier alpha value is 0.870. The van der Waals surface area contributed by atoms with E-state index in [2.05, 4.69) is 6.92 Å². The molecule has 0 aromatic rings. The molecule has 0 radical (unpaired) electrons. The second-order valence-corrected chi connectivity index (χ2v) is 8.05. The number of hydrogen-bond acceptors (Lipinski definition) is 4. The molecule has 0 aliphatic heterocycles. The largest absolute Gasteiger partial charge is 1.00 e. The van der Waals surface area contributed by atoms with Gasteiger partial charge in [-0.3, -0.25) is 0 Å². The van der Waals surface area contributed by atoms with Gasteiger partial charge in [-0.25, -0.2) is 8.42 Å². The molecule has 6 heteroatoms. The summed E-state index contributed by atoms with van der Waals surface area (Å²) in [6.45, 7) is 4.19. The first-order valence-electron chi connectivity index (χ1n) is 9.04. The molecule has 0 aliphatic carbocycles. The number of rotatable bonds is 15. The summed E-state index contributed by atoms with van der Waals surface area (Å²) in [6, 6.07) is 0. The number of aliphatic hydroxyl groups is 1. The van der Waals surface area contributed by atoms with Gasteiger partial charge in [0.1, 0.15) is 0 Å². The van der Waals surface area contributed by atoms with E-state index in [0.717, 1.165) is 32.1 Å². The normalized spacial score (nSPS) is 14.3. The molecule has 0 bridgehead atoms. The first-order valence-corrected chi connectivity index (χ1v) is 10.5. The Morgan fingerprint density at radius 2 is 1.30 bits per heavy atom. The molecular weight excluding hydrogens is 323 g/mol. The summed E-state index contributed by atoms with van der Waals surface area (Å²) < 4.78 is 34.0. The fourth-order valence-electron chi connectivity index (χ4n) is 2.82. The van der Waals surface area contributed by atoms with Crippen molar-refractivity contribution < 1.29 is 47.6 Å². The maximum Gasteiger partial charge on any atom is 1.00 e. The molecule has 0 saturated heterocycles. The van der Waals surface area contributed by atoms with Crippen LogP contribution < -0.4 is 29.6 Å². The van der Waals surface area contributed by atoms with Crippen molar-refractivity contribution in [2.24, 2.45) is 0 Å². The zero-order valence-corrected chi connectivity index (χ0v) is 18.2. The van der Waals surface area contributed by atoms with Crippen molar-refractivity contribution in [1.29, 1.82) is 0 Å². The van der Waals surface area contributed by atoms with Crippen molar-refractivity contribution >= 4 is 10.1 Å². The van der Waals surface area contributed by atoms with Crippen LogP contribution in [0.15, 0.2) is 0 Å². The number of aliphatic hydroxyl groups excluding tert-OH is 1. The predicted molar refractivity (Wildman–Crippen MR) is 90.9 cm³/mol. The third-order valence-electron chi connectivity index (χ3n) is 4.22. The van der Waals surface area contributed by atoms with Crippen LogP contribution in [0.3, 0.4) is 0 Å². The van der Waals surface area contributed by atoms with Crippen molar-refractivity contribution in [3.63, 3.8) is 0 Å². The third kappa shape index (κ3) is 16.1. The van der Waals surface area contributed by atoms with Crippen LogP contribution in [0.4, 0.5) is 0 Å². The zero-order chi connectivity index (χ0) is 16.8. The first-order chi connectivity index (χ1) is 10.4. The molecule has 0 saturated carbocycles. The van der Waals surface area contributed by atoms with Gasteiger partial charge in [0.25, 0.3) is 0 Å². The molecule has 0 amide bonds. The number of unbranched alkanes of at least 4 members (excludes halogenated alkanes) is 6. The fraction of sp³-hybridized carbons (Fsp3) is 1.00. The maximum absolute atomic E-state index is 11.3. The summed E-state index contributed by atoms with van der Waals surface area (Å²) in [4.78, 5) is 0. The average molecular weight is 359 g/mol. The minimum atomic E-state index is -4.21. The molecule has 23 heavy (non-hydrogen) atoms. The third-order valence-corrected chi connectivity index (χ3v) is 5.51. The van der Waals surface area contributed by atoms with Gasteiger partial charge in [-0.05, 0) is 32.1 Å². The second kappa shape index (κ2) is 16.3. The summed E-state index contributed by atoms with van der Waals surface area (Å²) in [5.74, 6) is 0. The molecule has 4 nitrogen and oxygen atoms in total. The quantitative estimate of drug-likeness (QED) is 0.272. The van der Waals surface area contributed by atoms with E-state index < -0.39 is 15.4 Å². The Morgan fingerprint density at radius 1 is 0.783 bits per heavy atom. The average Bonchev–Trinajstić information content (AvgIpc) is 2.43. The van der Waals surface area contributed by atoms with E-state index in [1.807, 2.05) is 6.92 Å². The van der Waals surface area contributed by atoms with E-state index in [9.17, 15) is 18.1 Å². The summed E-state index contributed by atoms with van der Waals surface area (Å²) in [6.07, 6.45) is 11.3. The molecule has 0 aromatic carbocycles. The Morgan fingerprint density at radius 3 is 1.83 bits per heavy atom. The van der Waals surface area contributed by atoms with E-state index in [4.69, 9.17) is 0 Å². The van der Waals surface area contributed by atoms with Gasteiger partial charge in [-0.15, -0.1) is 0 Å². The minimum absolute atomic E-state index is 0. The van der Waals surface area contributed by atoms with Crippen LogP contribution in [-0.4, -0.2) is 29.4 Å². The van der Waals surface area contributed by atoms with Crippen LogP contribution in [0.5, 0.6) is 0 Å². The predicted octanol–water partition coefficient (Wildman–Crippen LogP) is 1.38. The molecule has 0 heterocycles. The minimum Gasteiger partial charge on any atom is -0.748 e. The first kappa shape index (κ1) is 26.1. The molecule has 0 rings (SSSR count). The molecule has 2 atom stereocenters. The van der Waals surface area contributed by atoms with E-state index in [1.54, 1.807) is 0 Å². The van der Waals surface area contributed by atoms with Gasteiger partial charge in [0, 0.05) is 5.25 Å². The van der Waals surface area contributed by atoms with Crippen LogP contribution in [0.2, 0.25) is 0 Å². The molecule has 2 unspecified atom stereocenters. The van der Waals surface area contributed by atoms with Crippen molar-refractivity contribution in [3.05, 3.63) is 0 Å². The maximum atomic E-state index is 11.3. The molecule has 0 aliphatic rings. The number of hydrogen-bond donors (Lipinski definition) is 1. The monoisotopic (exact) mass is 358 g/mol. The Kier molecular flexibility index (Phi) is 18.5. The van der Waals surface area contributed by atoms with E-state index in [-0.39, 0.29) is 35.7 Å². The van der Waals surface area contributed by atoms with Crippen molar-refractivity contribution in [1.82, 2.24) is 0 Å². The van der Waals surface area contributed by atoms with Gasteiger partial charge in [-0.2, -0.15) is 0 Å². The Bertz CT molecular complexity index is 347. The van der Waals surface area contributed by atoms with E-state index in [1.165, 1.54) is 25.7 Å². The van der Waals surface area contributed by atoms with Gasteiger partial charge in [-0.1, -0.05) is 65.2 Å². The molecule has 0 fully saturated rings. The molecule has 0 aromatic heterocycles. The van der Waals surface area contributed by atoms with Gasteiger partial charge in [0.15, 0.2) is 0 Å². The second-order valence-electron chi connectivity index (χ2n) is 6.40. The van der Waals surface area contributed by atoms with Gasteiger partial charge in [0.05, 0.1) is 16.2 Å². The summed E-state index contributed by atoms with van der Waals surface area (Å²) in [5, 5.41) is 8.89. The van der Waals surface area contributed by atoms with Gasteiger partial charge >= 0.3 is 29.6 Å². The smallest absolute Gasteiger partial charge is 0.748 e. The summed E-state index contributed by atoms with van der Waals surface area (Å²) >= 11 is 0. The van der Waals surface area contributed by atoms with Crippen LogP contribution in [0, 0.1) is 0 Å². The topological polar surface area (TPSA) is 77.4 Å². The van der Waals surface area contributed by atoms with Crippen LogP contribution in [0.25, 0.3) is 0 Å². The van der Waals surface area contributed by atoms with Gasteiger partial charge < -0.3 is 9.66 Å². The zero-order valence-electron chi connectivity index (χ0n) is 15.4. The van der Waals surface area contributed by atoms with Crippen LogP contribution in [0.1, 0.15) is 97.3 Å². The molecule has 1 N–H and O–H groups in total. The molecule has 0 spiro atoms. The van der Waals surface area contributed by atoms with E-state index in [0.29, 0.717) is 25.7 Å². The summed E-state index contributed by atoms with van der Waals surface area (Å²) in [5.41, 5.74) is 0. The Labute approximate surface area is 165 Å². The molecular formula is C17H35NaO4S. The van der Waals surface area contributed by atoms with Gasteiger partial charge in [0.2, 0.25) is 0 Å². The van der Waals surface area contributed by atoms with Crippen molar-refractivity contribution in [2.45, 2.75) is 109 Å². The van der Waals surface area contributed by atoms with E-state index >= 15 is 0 Å². The van der Waals surface area contributed by atoms with Crippen LogP contribution >= 0.6 is 0 Å². The fourth-order valence-corrected chi connectivity index (χ4v) is 3.73. The standard InChI is InChI=1S/C17H36O4S.Na/c1-3-5-6-7-8-9-10-14-17(22(19,20)21)15-11-13-16(18)12-4-2;/h16-18H,3-15H2,1-2H3,(H,19,20,21);/q;+1/p-1. The van der Waals surface area contributed by atoms with Crippen LogP contribution in [-0.2, 0) is 10.1 Å². The van der Waals surface area contributed by atoms with Crippen molar-refractivity contribution in [2.75, 3.05) is 0 Å². The van der Waals surface area contributed by atoms with Crippen molar-refractivity contribution in [3.8, 4) is 0 Å².